The quantitative estimate of drug-likeness (QED) is 0.112. The number of para-hydroxylation sites is 2. The smallest absolute Gasteiger partial charge is 0.421 e. The predicted molar refractivity (Wildman–Crippen MR) is 232 cm³/mol. The van der Waals surface area contributed by atoms with E-state index in [2.05, 4.69) is 10.2 Å². The molecule has 6 unspecified atom stereocenters. The van der Waals surface area contributed by atoms with Gasteiger partial charge >= 0.3 is 12.1 Å². The summed E-state index contributed by atoms with van der Waals surface area (Å²) in [5, 5.41) is 13.1. The summed E-state index contributed by atoms with van der Waals surface area (Å²) in [4.78, 5) is 66.5. The Labute approximate surface area is 364 Å². The summed E-state index contributed by atoms with van der Waals surface area (Å²) in [7, 11) is 1.47. The van der Waals surface area contributed by atoms with E-state index in [-0.39, 0.29) is 32.1 Å². The molecule has 1 spiro atoms. The standard InChI is InChI=1S/C49H48N4O10/c1-59-30-31-62-48(58)52-38-18-10-9-17-37(38)49(47(52)57)40(45(55)50-34-20-22-35(23-21-34)51-24-27-60-28-25-51)42-46(56)63-43(33-14-6-3-7-15-33)41(32-12-4-2-5-13-32)53(42)44(49)36-16-8-11-19-39(36)61-29-26-54/h2-23,40-44,54H,24-31H2,1H3,(H,50,55). The monoisotopic (exact) mass is 852 g/mol. The van der Waals surface area contributed by atoms with Crippen molar-refractivity contribution in [3.63, 3.8) is 0 Å². The Morgan fingerprint density at radius 1 is 0.778 bits per heavy atom. The van der Waals surface area contributed by atoms with E-state index < -0.39 is 59.4 Å². The molecule has 3 saturated heterocycles. The second kappa shape index (κ2) is 18.0. The Balaban J connectivity index is 1.29. The Morgan fingerprint density at radius 2 is 1.44 bits per heavy atom. The summed E-state index contributed by atoms with van der Waals surface area (Å²) < 4.78 is 29.1. The highest BCUT2D eigenvalue weighted by Crippen LogP contribution is 2.66. The third-order valence-electron chi connectivity index (χ3n) is 12.4. The highest BCUT2D eigenvalue weighted by Gasteiger charge is 2.76. The largest absolute Gasteiger partial charge is 0.491 e. The molecule has 14 heteroatoms. The summed E-state index contributed by atoms with van der Waals surface area (Å²) in [6.45, 7) is 2.21. The Kier molecular flexibility index (Phi) is 11.9. The van der Waals surface area contributed by atoms with Gasteiger partial charge in [-0.15, -0.1) is 0 Å². The molecule has 9 rings (SSSR count). The van der Waals surface area contributed by atoms with Crippen LogP contribution in [0, 0.1) is 5.92 Å². The van der Waals surface area contributed by atoms with Crippen molar-refractivity contribution in [2.24, 2.45) is 5.92 Å². The summed E-state index contributed by atoms with van der Waals surface area (Å²) >= 11 is 0. The van der Waals surface area contributed by atoms with Crippen molar-refractivity contribution in [1.82, 2.24) is 4.90 Å². The molecular weight excluding hydrogens is 805 g/mol. The molecule has 2 N–H and O–H groups in total. The van der Waals surface area contributed by atoms with Gasteiger partial charge < -0.3 is 39.0 Å². The minimum Gasteiger partial charge on any atom is -0.491 e. The van der Waals surface area contributed by atoms with Gasteiger partial charge in [-0.3, -0.25) is 19.3 Å². The van der Waals surface area contributed by atoms with E-state index in [1.165, 1.54) is 7.11 Å². The molecule has 4 aliphatic heterocycles. The fourth-order valence-electron chi connectivity index (χ4n) is 9.88. The number of anilines is 3. The molecule has 4 aliphatic rings. The second-order valence-electron chi connectivity index (χ2n) is 15.8. The molecule has 4 heterocycles. The van der Waals surface area contributed by atoms with Gasteiger partial charge in [0.2, 0.25) is 11.8 Å². The highest BCUT2D eigenvalue weighted by molar-refractivity contribution is 6.24. The normalized spacial score (nSPS) is 24.1. The number of benzene rings is 5. The number of imide groups is 1. The molecule has 3 amide bonds. The summed E-state index contributed by atoms with van der Waals surface area (Å²) in [5.74, 6) is -3.31. The molecule has 5 aromatic rings. The van der Waals surface area contributed by atoms with Crippen molar-refractivity contribution in [3.8, 4) is 5.75 Å². The van der Waals surface area contributed by atoms with Crippen molar-refractivity contribution in [2.45, 2.75) is 29.6 Å². The van der Waals surface area contributed by atoms with Crippen LogP contribution in [0.15, 0.2) is 133 Å². The van der Waals surface area contributed by atoms with Crippen LogP contribution < -0.4 is 19.9 Å². The molecule has 0 radical (unpaired) electrons. The van der Waals surface area contributed by atoms with E-state index in [1.807, 2.05) is 77.7 Å². The number of nitrogens with zero attached hydrogens (tertiary/aromatic N) is 3. The lowest BCUT2D eigenvalue weighted by Gasteiger charge is -2.46. The molecule has 0 saturated carbocycles. The second-order valence-corrected chi connectivity index (χ2v) is 15.8. The van der Waals surface area contributed by atoms with Crippen LogP contribution in [0.2, 0.25) is 0 Å². The van der Waals surface area contributed by atoms with Gasteiger partial charge in [0, 0.05) is 37.1 Å². The maximum absolute atomic E-state index is 16.1. The number of carbonyl (C=O) groups is 4. The minimum absolute atomic E-state index is 0.0788. The average molecular weight is 853 g/mol. The van der Waals surface area contributed by atoms with E-state index in [4.69, 9.17) is 23.7 Å². The number of hydrogen-bond acceptors (Lipinski definition) is 12. The fraction of sp³-hybridized carbons (Fsp3) is 0.306. The number of amides is 3. The van der Waals surface area contributed by atoms with Crippen LogP contribution in [0.3, 0.4) is 0 Å². The van der Waals surface area contributed by atoms with Gasteiger partial charge in [-0.25, -0.2) is 9.69 Å². The maximum atomic E-state index is 16.1. The third kappa shape index (κ3) is 7.38. The molecule has 324 valence electrons. The molecule has 0 bridgehead atoms. The summed E-state index contributed by atoms with van der Waals surface area (Å²) in [6.07, 6.45) is -1.86. The van der Waals surface area contributed by atoms with Crippen molar-refractivity contribution in [3.05, 3.63) is 156 Å². The van der Waals surface area contributed by atoms with E-state index in [0.717, 1.165) is 29.2 Å². The first-order chi connectivity index (χ1) is 30.9. The van der Waals surface area contributed by atoms with Gasteiger partial charge in [0.05, 0.1) is 50.1 Å². The van der Waals surface area contributed by atoms with Gasteiger partial charge in [0.25, 0.3) is 0 Å². The van der Waals surface area contributed by atoms with Gasteiger partial charge in [0.15, 0.2) is 0 Å². The maximum Gasteiger partial charge on any atom is 0.421 e. The molecule has 3 fully saturated rings. The predicted octanol–water partition coefficient (Wildman–Crippen LogP) is 5.98. The van der Waals surface area contributed by atoms with E-state index in [1.54, 1.807) is 60.7 Å². The number of carbonyl (C=O) groups excluding carboxylic acids is 4. The SMILES string of the molecule is COCCOC(=O)N1C(=O)C2(c3ccccc31)C(C(=O)Nc1ccc(N3CCOCC3)cc1)C1C(=O)OC(c3ccccc3)C(c3ccccc3)N1C2c1ccccc1OCCO. The summed E-state index contributed by atoms with van der Waals surface area (Å²) in [6, 6.07) is 36.9. The molecular formula is C49H48N4O10. The number of methoxy groups -OCH3 is 1. The molecule has 5 aromatic carbocycles. The lowest BCUT2D eigenvalue weighted by Crippen LogP contribution is -2.54. The summed E-state index contributed by atoms with van der Waals surface area (Å²) in [5.41, 5.74) is 1.87. The number of aliphatic hydroxyl groups is 1. The van der Waals surface area contributed by atoms with Crippen molar-refractivity contribution in [1.29, 1.82) is 0 Å². The Bertz CT molecular complexity index is 2450. The van der Waals surface area contributed by atoms with Crippen LogP contribution in [0.1, 0.15) is 40.4 Å². The van der Waals surface area contributed by atoms with E-state index in [0.29, 0.717) is 41.3 Å². The van der Waals surface area contributed by atoms with Crippen LogP contribution >= 0.6 is 0 Å². The van der Waals surface area contributed by atoms with Gasteiger partial charge in [0.1, 0.15) is 36.5 Å². The first-order valence-electron chi connectivity index (χ1n) is 21.1. The van der Waals surface area contributed by atoms with Crippen molar-refractivity contribution >= 4 is 40.9 Å². The number of esters is 1. The number of hydrogen-bond donors (Lipinski definition) is 2. The minimum atomic E-state index is -1.99. The average Bonchev–Trinajstić information content (AvgIpc) is 3.78. The van der Waals surface area contributed by atoms with Crippen LogP contribution in [-0.2, 0) is 38.7 Å². The molecule has 14 nitrogen and oxygen atoms in total. The lowest BCUT2D eigenvalue weighted by atomic mass is 9.65. The van der Waals surface area contributed by atoms with Crippen LogP contribution in [-0.4, -0.2) is 99.8 Å². The Morgan fingerprint density at radius 3 is 2.16 bits per heavy atom. The van der Waals surface area contributed by atoms with Gasteiger partial charge in [-0.05, 0) is 53.1 Å². The zero-order chi connectivity index (χ0) is 43.5. The number of cyclic esters (lactones) is 1. The Hall–Kier alpha value is -6.58. The third-order valence-corrected chi connectivity index (χ3v) is 12.4. The fourth-order valence-corrected chi connectivity index (χ4v) is 9.88. The molecule has 0 aromatic heterocycles. The van der Waals surface area contributed by atoms with Gasteiger partial charge in [-0.1, -0.05) is 97.1 Å². The number of fused-ring (bicyclic) bond motifs is 3. The van der Waals surface area contributed by atoms with E-state index >= 15 is 14.4 Å². The first-order valence-corrected chi connectivity index (χ1v) is 21.1. The lowest BCUT2D eigenvalue weighted by molar-refractivity contribution is -0.177. The van der Waals surface area contributed by atoms with Gasteiger partial charge in [-0.2, -0.15) is 0 Å². The number of ether oxygens (including phenoxy) is 5. The van der Waals surface area contributed by atoms with Crippen molar-refractivity contribution in [2.75, 3.05) is 75.0 Å². The molecule has 6 atom stereocenters. The molecule has 63 heavy (non-hydrogen) atoms. The first kappa shape index (κ1) is 41.8. The zero-order valence-corrected chi connectivity index (χ0v) is 34.7. The van der Waals surface area contributed by atoms with E-state index in [9.17, 15) is 9.90 Å². The number of nitrogens with one attached hydrogen (secondary N) is 1. The van der Waals surface area contributed by atoms with Crippen LogP contribution in [0.4, 0.5) is 21.9 Å². The zero-order valence-electron chi connectivity index (χ0n) is 34.7. The highest BCUT2D eigenvalue weighted by atomic mass is 16.6. The van der Waals surface area contributed by atoms with Crippen LogP contribution in [0.5, 0.6) is 5.75 Å². The van der Waals surface area contributed by atoms with Crippen molar-refractivity contribution < 1.29 is 48.0 Å². The molecule has 0 aliphatic carbocycles. The number of aliphatic hydroxyl groups excluding tert-OH is 1. The topological polar surface area (TPSA) is 156 Å². The number of rotatable bonds is 12. The van der Waals surface area contributed by atoms with Crippen LogP contribution in [0.25, 0.3) is 0 Å². The number of morpholine rings is 2.